The number of hydrogen-bond acceptors (Lipinski definition) is 4. The van der Waals surface area contributed by atoms with E-state index in [9.17, 15) is 9.18 Å². The SMILES string of the molecule is CN/C(=C\C(=N)C(C)(C)C)NC(=O)c1ccc2cc(-c3ccccc3F)cnc2c1. The smallest absolute Gasteiger partial charge is 0.256 e. The average molecular weight is 404 g/mol. The molecule has 1 aromatic heterocycles. The van der Waals surface area contributed by atoms with Gasteiger partial charge in [0.15, 0.2) is 0 Å². The lowest BCUT2D eigenvalue weighted by Gasteiger charge is -2.18. The van der Waals surface area contributed by atoms with Crippen LogP contribution in [0.2, 0.25) is 0 Å². The first-order chi connectivity index (χ1) is 14.2. The Balaban J connectivity index is 1.85. The van der Waals surface area contributed by atoms with Gasteiger partial charge in [0.2, 0.25) is 0 Å². The molecule has 6 heteroatoms. The van der Waals surface area contributed by atoms with Gasteiger partial charge in [-0.3, -0.25) is 9.78 Å². The summed E-state index contributed by atoms with van der Waals surface area (Å²) in [4.78, 5) is 17.1. The van der Waals surface area contributed by atoms with E-state index in [1.54, 1.807) is 55.7 Å². The summed E-state index contributed by atoms with van der Waals surface area (Å²) in [5.41, 5.74) is 2.32. The number of benzene rings is 2. The monoisotopic (exact) mass is 404 g/mol. The molecule has 0 fully saturated rings. The van der Waals surface area contributed by atoms with Gasteiger partial charge >= 0.3 is 0 Å². The zero-order valence-electron chi connectivity index (χ0n) is 17.5. The van der Waals surface area contributed by atoms with Gasteiger partial charge < -0.3 is 16.0 Å². The number of aromatic nitrogens is 1. The Kier molecular flexibility index (Phi) is 5.96. The van der Waals surface area contributed by atoms with Crippen LogP contribution in [0, 0.1) is 16.6 Å². The normalized spacial score (nSPS) is 12.0. The molecule has 3 rings (SSSR count). The Morgan fingerprint density at radius 2 is 1.87 bits per heavy atom. The molecular formula is C24H25FN4O. The van der Waals surface area contributed by atoms with Crippen LogP contribution in [-0.4, -0.2) is 23.7 Å². The first kappa shape index (κ1) is 21.2. The Bertz CT molecular complexity index is 1150. The van der Waals surface area contributed by atoms with Crippen LogP contribution in [-0.2, 0) is 0 Å². The number of rotatable bonds is 5. The molecule has 1 amide bonds. The first-order valence-electron chi connectivity index (χ1n) is 9.63. The number of hydrogen-bond donors (Lipinski definition) is 3. The van der Waals surface area contributed by atoms with E-state index in [1.807, 2.05) is 26.8 Å². The molecule has 2 aromatic carbocycles. The predicted octanol–water partition coefficient (Wildman–Crippen LogP) is 4.90. The number of carbonyl (C=O) groups excluding carboxylic acids is 1. The molecule has 0 bridgehead atoms. The molecule has 1 heterocycles. The zero-order chi connectivity index (χ0) is 21.9. The summed E-state index contributed by atoms with van der Waals surface area (Å²) in [5, 5.41) is 14.6. The van der Waals surface area contributed by atoms with Gasteiger partial charge in [-0.25, -0.2) is 4.39 Å². The molecule has 3 N–H and O–H groups in total. The molecule has 0 unspecified atom stereocenters. The van der Waals surface area contributed by atoms with Crippen molar-refractivity contribution in [2.45, 2.75) is 20.8 Å². The average Bonchev–Trinajstić information content (AvgIpc) is 2.72. The Morgan fingerprint density at radius 3 is 2.53 bits per heavy atom. The fraction of sp³-hybridized carbons (Fsp3) is 0.208. The van der Waals surface area contributed by atoms with E-state index in [0.29, 0.717) is 33.7 Å². The number of amides is 1. The van der Waals surface area contributed by atoms with E-state index in [4.69, 9.17) is 5.41 Å². The molecule has 3 aromatic rings. The maximum Gasteiger partial charge on any atom is 0.256 e. The molecule has 0 atom stereocenters. The molecule has 0 radical (unpaired) electrons. The van der Waals surface area contributed by atoms with Gasteiger partial charge in [0, 0.05) is 46.4 Å². The Morgan fingerprint density at radius 1 is 1.13 bits per heavy atom. The fourth-order valence-electron chi connectivity index (χ4n) is 2.83. The molecule has 0 saturated heterocycles. The van der Waals surface area contributed by atoms with Crippen molar-refractivity contribution in [3.05, 3.63) is 78.0 Å². The molecule has 154 valence electrons. The van der Waals surface area contributed by atoms with Crippen molar-refractivity contribution in [2.75, 3.05) is 7.05 Å². The van der Waals surface area contributed by atoms with Crippen LogP contribution in [0.1, 0.15) is 31.1 Å². The van der Waals surface area contributed by atoms with E-state index < -0.39 is 0 Å². The fourth-order valence-corrected chi connectivity index (χ4v) is 2.83. The highest BCUT2D eigenvalue weighted by molar-refractivity contribution is 6.01. The van der Waals surface area contributed by atoms with Crippen LogP contribution in [0.3, 0.4) is 0 Å². The van der Waals surface area contributed by atoms with Crippen LogP contribution in [0.5, 0.6) is 0 Å². The van der Waals surface area contributed by atoms with Crippen molar-refractivity contribution in [1.82, 2.24) is 15.6 Å². The molecule has 0 spiro atoms. The predicted molar refractivity (Wildman–Crippen MR) is 119 cm³/mol. The van der Waals surface area contributed by atoms with Crippen molar-refractivity contribution in [2.24, 2.45) is 5.41 Å². The molecule has 0 aliphatic rings. The van der Waals surface area contributed by atoms with Crippen molar-refractivity contribution >= 4 is 22.5 Å². The highest BCUT2D eigenvalue weighted by Crippen LogP contribution is 2.25. The summed E-state index contributed by atoms with van der Waals surface area (Å²) in [6, 6.07) is 13.6. The van der Waals surface area contributed by atoms with E-state index >= 15 is 0 Å². The van der Waals surface area contributed by atoms with Crippen molar-refractivity contribution in [1.29, 1.82) is 5.41 Å². The zero-order valence-corrected chi connectivity index (χ0v) is 17.5. The number of allylic oxidation sites excluding steroid dienone is 1. The van der Waals surface area contributed by atoms with Crippen LogP contribution in [0.4, 0.5) is 4.39 Å². The second kappa shape index (κ2) is 8.45. The number of fused-ring (bicyclic) bond motifs is 1. The minimum absolute atomic E-state index is 0.304. The van der Waals surface area contributed by atoms with E-state index in [-0.39, 0.29) is 17.1 Å². The number of halogens is 1. The standard InChI is InChI=1S/C24H25FN4O/c1-24(2,3)21(26)13-22(27-4)29-23(30)16-10-9-15-11-17(14-28-20(15)12-16)18-7-5-6-8-19(18)25/h5-14,26-27H,1-4H3,(H,29,30)/b22-13+,26-21?. The molecule has 0 aliphatic heterocycles. The minimum atomic E-state index is -0.324. The Hall–Kier alpha value is -3.54. The Labute approximate surface area is 175 Å². The van der Waals surface area contributed by atoms with Crippen LogP contribution in [0.15, 0.2) is 66.6 Å². The van der Waals surface area contributed by atoms with E-state index in [0.717, 1.165) is 5.39 Å². The van der Waals surface area contributed by atoms with Gasteiger partial charge in [0.05, 0.1) is 5.52 Å². The highest BCUT2D eigenvalue weighted by Gasteiger charge is 2.17. The number of carbonyl (C=O) groups is 1. The van der Waals surface area contributed by atoms with Crippen LogP contribution >= 0.6 is 0 Å². The van der Waals surface area contributed by atoms with Gasteiger partial charge in [-0.05, 0) is 30.3 Å². The maximum atomic E-state index is 14.1. The van der Waals surface area contributed by atoms with Crippen molar-refractivity contribution in [3.63, 3.8) is 0 Å². The minimum Gasteiger partial charge on any atom is -0.375 e. The van der Waals surface area contributed by atoms with Gasteiger partial charge in [-0.2, -0.15) is 0 Å². The summed E-state index contributed by atoms with van der Waals surface area (Å²) < 4.78 is 14.1. The summed E-state index contributed by atoms with van der Waals surface area (Å²) in [6.45, 7) is 5.81. The summed E-state index contributed by atoms with van der Waals surface area (Å²) >= 11 is 0. The lowest BCUT2D eigenvalue weighted by Crippen LogP contribution is -2.31. The van der Waals surface area contributed by atoms with Crippen LogP contribution in [0.25, 0.3) is 22.0 Å². The molecular weight excluding hydrogens is 379 g/mol. The lowest BCUT2D eigenvalue weighted by molar-refractivity contribution is 0.0964. The lowest BCUT2D eigenvalue weighted by atomic mass is 9.90. The van der Waals surface area contributed by atoms with Crippen molar-refractivity contribution in [3.8, 4) is 11.1 Å². The maximum absolute atomic E-state index is 14.1. The second-order valence-corrected chi connectivity index (χ2v) is 8.04. The third-order valence-corrected chi connectivity index (χ3v) is 4.75. The first-order valence-corrected chi connectivity index (χ1v) is 9.63. The highest BCUT2D eigenvalue weighted by atomic mass is 19.1. The number of nitrogens with zero attached hydrogens (tertiary/aromatic N) is 1. The molecule has 0 aliphatic carbocycles. The largest absolute Gasteiger partial charge is 0.375 e. The topological polar surface area (TPSA) is 77.9 Å². The summed E-state index contributed by atoms with van der Waals surface area (Å²) in [5.74, 6) is -0.163. The van der Waals surface area contributed by atoms with Gasteiger partial charge in [0.25, 0.3) is 5.91 Å². The van der Waals surface area contributed by atoms with Crippen LogP contribution < -0.4 is 10.6 Å². The summed E-state index contributed by atoms with van der Waals surface area (Å²) in [6.07, 6.45) is 3.21. The van der Waals surface area contributed by atoms with Gasteiger partial charge in [0.1, 0.15) is 11.6 Å². The number of nitrogens with one attached hydrogen (secondary N) is 3. The molecule has 0 saturated carbocycles. The third-order valence-electron chi connectivity index (χ3n) is 4.75. The third kappa shape index (κ3) is 4.71. The molecule has 30 heavy (non-hydrogen) atoms. The molecule has 5 nitrogen and oxygen atoms in total. The van der Waals surface area contributed by atoms with Gasteiger partial charge in [-0.1, -0.05) is 45.0 Å². The summed E-state index contributed by atoms with van der Waals surface area (Å²) in [7, 11) is 1.69. The second-order valence-electron chi connectivity index (χ2n) is 8.04. The quantitative estimate of drug-likeness (QED) is 0.530. The van der Waals surface area contributed by atoms with Gasteiger partial charge in [-0.15, -0.1) is 0 Å². The van der Waals surface area contributed by atoms with Crippen molar-refractivity contribution < 1.29 is 9.18 Å². The number of pyridine rings is 1. The van der Waals surface area contributed by atoms with E-state index in [1.165, 1.54) is 6.07 Å². The van der Waals surface area contributed by atoms with E-state index in [2.05, 4.69) is 15.6 Å².